The van der Waals surface area contributed by atoms with Crippen molar-refractivity contribution in [2.45, 2.75) is 0 Å². The van der Waals surface area contributed by atoms with Crippen LogP contribution < -0.4 is 0 Å². The Labute approximate surface area is 116 Å². The van der Waals surface area contributed by atoms with Crippen molar-refractivity contribution in [1.82, 2.24) is 9.97 Å². The Morgan fingerprint density at radius 2 is 2.19 bits per heavy atom. The molecule has 5 heteroatoms. The van der Waals surface area contributed by atoms with Crippen molar-refractivity contribution in [3.05, 3.63) is 40.0 Å². The number of halogens is 2. The number of hydrogen-bond donors (Lipinski definition) is 1. The van der Waals surface area contributed by atoms with E-state index in [9.17, 15) is 0 Å². The van der Waals surface area contributed by atoms with Crippen molar-refractivity contribution in [1.29, 1.82) is 0 Å². The maximum atomic E-state index is 6.03. The Morgan fingerprint density at radius 3 is 3.00 bits per heavy atom. The molecule has 1 N–H and O–H groups in total. The molecule has 0 aliphatic rings. The summed E-state index contributed by atoms with van der Waals surface area (Å²) in [6.07, 6.45) is 1.60. The molecule has 0 unspecified atom stereocenters. The van der Waals surface area contributed by atoms with Crippen LogP contribution in [-0.4, -0.2) is 9.97 Å². The molecule has 83 valence electrons. The van der Waals surface area contributed by atoms with Crippen LogP contribution in [0.2, 0.25) is 5.02 Å². The molecule has 0 spiro atoms. The van der Waals surface area contributed by atoms with Crippen LogP contribution in [0.1, 0.15) is 0 Å². The molecule has 0 fully saturated rings. The molecule has 0 saturated heterocycles. The zero-order valence-electron chi connectivity index (χ0n) is 7.85. The molecular weight excluding hydrogens is 334 g/mol. The van der Waals surface area contributed by atoms with Crippen LogP contribution in [0.4, 0.5) is 0 Å². The normalized spacial score (nSPS) is 10.6. The number of aromatic nitrogens is 2. The van der Waals surface area contributed by atoms with Crippen molar-refractivity contribution < 1.29 is 16.8 Å². The molecule has 0 atom stereocenters. The summed E-state index contributed by atoms with van der Waals surface area (Å²) in [5, 5.41) is 1.64. The number of aromatic amines is 1. The topological polar surface area (TPSA) is 28.7 Å². The first kappa shape index (κ1) is 11.9. The first-order chi connectivity index (χ1) is 7.25. The van der Waals surface area contributed by atoms with E-state index in [0.717, 1.165) is 26.4 Å². The summed E-state index contributed by atoms with van der Waals surface area (Å²) in [4.78, 5) is 7.51. The molecule has 1 aromatic carbocycles. The Balaban J connectivity index is 0.000000963. The van der Waals surface area contributed by atoms with Gasteiger partial charge in [-0.2, -0.15) is 0 Å². The maximum absolute atomic E-state index is 6.03. The molecule has 1 radical (unpaired) electrons. The Morgan fingerprint density at radius 1 is 1.38 bits per heavy atom. The van der Waals surface area contributed by atoms with Gasteiger partial charge in [0.15, 0.2) is 0 Å². The number of nitrogens with zero attached hydrogens (tertiary/aromatic N) is 1. The number of H-pyrrole nitrogens is 1. The quantitative estimate of drug-likeness (QED) is 0.618. The van der Waals surface area contributed by atoms with Gasteiger partial charge in [-0.15, -0.1) is 16.6 Å². The Bertz CT molecular complexity index is 665. The van der Waals surface area contributed by atoms with Crippen molar-refractivity contribution in [2.75, 3.05) is 0 Å². The molecule has 3 rings (SSSR count). The van der Waals surface area contributed by atoms with Gasteiger partial charge >= 0.3 is 0 Å². The second-order valence-electron chi connectivity index (χ2n) is 3.26. The standard InChI is InChI=1S/C11H5BrClN2.Co/c12-6-1-2-9-7(5-6)10-11(15-9)8(13)3-4-14-10;/h1-2,4-5,15H;/q-1;. The summed E-state index contributed by atoms with van der Waals surface area (Å²) in [5.74, 6) is 0. The fraction of sp³-hybridized carbons (Fsp3) is 0. The van der Waals surface area contributed by atoms with Crippen molar-refractivity contribution in [2.24, 2.45) is 0 Å². The first-order valence-electron chi connectivity index (χ1n) is 4.39. The summed E-state index contributed by atoms with van der Waals surface area (Å²) in [5.41, 5.74) is 2.75. The smallest absolute Gasteiger partial charge is 0.0305 e. The molecule has 2 aromatic heterocycles. The number of benzene rings is 1. The van der Waals surface area contributed by atoms with Crippen molar-refractivity contribution in [3.63, 3.8) is 0 Å². The van der Waals surface area contributed by atoms with Gasteiger partial charge in [-0.3, -0.25) is 4.98 Å². The van der Waals surface area contributed by atoms with Gasteiger partial charge in [-0.05, 0) is 18.2 Å². The molecular formula is C11H5BrClCoN2-. The van der Waals surface area contributed by atoms with Crippen molar-refractivity contribution >= 4 is 49.5 Å². The third-order valence-electron chi connectivity index (χ3n) is 2.34. The van der Waals surface area contributed by atoms with Gasteiger partial charge in [0.05, 0.1) is 0 Å². The minimum absolute atomic E-state index is 0. The summed E-state index contributed by atoms with van der Waals surface area (Å²) in [7, 11) is 0. The fourth-order valence-electron chi connectivity index (χ4n) is 1.67. The van der Waals surface area contributed by atoms with E-state index < -0.39 is 0 Å². The molecule has 2 heterocycles. The van der Waals surface area contributed by atoms with E-state index >= 15 is 0 Å². The summed E-state index contributed by atoms with van der Waals surface area (Å²) in [6, 6.07) is 8.87. The molecule has 2 nitrogen and oxygen atoms in total. The van der Waals surface area contributed by atoms with Gasteiger partial charge in [0.25, 0.3) is 0 Å². The molecule has 0 saturated carbocycles. The monoisotopic (exact) mass is 338 g/mol. The van der Waals surface area contributed by atoms with E-state index in [0.29, 0.717) is 5.02 Å². The van der Waals surface area contributed by atoms with E-state index in [1.165, 1.54) is 0 Å². The second kappa shape index (κ2) is 4.37. The van der Waals surface area contributed by atoms with Crippen LogP contribution in [0.5, 0.6) is 0 Å². The van der Waals surface area contributed by atoms with Crippen LogP contribution in [0.3, 0.4) is 0 Å². The minimum atomic E-state index is 0. The van der Waals surface area contributed by atoms with Gasteiger partial charge in [-0.1, -0.05) is 27.6 Å². The summed E-state index contributed by atoms with van der Waals surface area (Å²) >= 11 is 9.47. The van der Waals surface area contributed by atoms with E-state index in [-0.39, 0.29) is 16.8 Å². The maximum Gasteiger partial charge on any atom is 0.0305 e. The zero-order valence-corrected chi connectivity index (χ0v) is 11.2. The summed E-state index contributed by atoms with van der Waals surface area (Å²) < 4.78 is 1.03. The molecule has 0 aliphatic heterocycles. The van der Waals surface area contributed by atoms with E-state index in [1.54, 1.807) is 6.20 Å². The van der Waals surface area contributed by atoms with Gasteiger partial charge in [0.2, 0.25) is 0 Å². The minimum Gasteiger partial charge on any atom is -0.429 e. The predicted octanol–water partition coefficient (Wildman–Crippen LogP) is 3.93. The molecule has 0 bridgehead atoms. The number of pyridine rings is 1. The fourth-order valence-corrected chi connectivity index (χ4v) is 2.22. The second-order valence-corrected chi connectivity index (χ2v) is 4.55. The van der Waals surface area contributed by atoms with Crippen LogP contribution in [-0.2, 0) is 16.8 Å². The van der Waals surface area contributed by atoms with Crippen LogP contribution in [0.25, 0.3) is 21.9 Å². The van der Waals surface area contributed by atoms with E-state index in [4.69, 9.17) is 11.6 Å². The predicted molar refractivity (Wildman–Crippen MR) is 65.1 cm³/mol. The molecule has 3 aromatic rings. The molecule has 0 aliphatic carbocycles. The third kappa shape index (κ3) is 1.76. The average Bonchev–Trinajstić information content (AvgIpc) is 2.58. The number of nitrogens with one attached hydrogen (secondary N) is 1. The SMILES string of the molecule is Clc1[c-]cnc2c1[nH]c1ccc(Br)cc12.[Co]. The molecule has 0 amide bonds. The van der Waals surface area contributed by atoms with Gasteiger partial charge < -0.3 is 4.98 Å². The van der Waals surface area contributed by atoms with Gasteiger partial charge in [0, 0.05) is 37.7 Å². The Kier molecular flexibility index (Phi) is 3.26. The van der Waals surface area contributed by atoms with E-state index in [1.807, 2.05) is 18.2 Å². The van der Waals surface area contributed by atoms with Crippen LogP contribution >= 0.6 is 27.5 Å². The number of rotatable bonds is 0. The zero-order chi connectivity index (χ0) is 10.4. The number of fused-ring (bicyclic) bond motifs is 3. The van der Waals surface area contributed by atoms with Crippen molar-refractivity contribution in [3.8, 4) is 0 Å². The van der Waals surface area contributed by atoms with Crippen LogP contribution in [0, 0.1) is 6.07 Å². The largest absolute Gasteiger partial charge is 0.429 e. The Hall–Kier alpha value is -0.554. The first-order valence-corrected chi connectivity index (χ1v) is 5.56. The summed E-state index contributed by atoms with van der Waals surface area (Å²) in [6.45, 7) is 0. The number of hydrogen-bond acceptors (Lipinski definition) is 1. The van der Waals surface area contributed by atoms with Gasteiger partial charge in [-0.25, -0.2) is 6.07 Å². The van der Waals surface area contributed by atoms with Gasteiger partial charge in [0.1, 0.15) is 0 Å². The molecule has 16 heavy (non-hydrogen) atoms. The van der Waals surface area contributed by atoms with E-state index in [2.05, 4.69) is 32.0 Å². The third-order valence-corrected chi connectivity index (χ3v) is 3.13. The van der Waals surface area contributed by atoms with Crippen LogP contribution in [0.15, 0.2) is 28.9 Å². The average molecular weight is 339 g/mol.